The van der Waals surface area contributed by atoms with Crippen LogP contribution in [0.15, 0.2) is 59.5 Å². The Kier molecular flexibility index (Phi) is 7.21. The maximum Gasteiger partial charge on any atom is 0.416 e. The number of amides is 1. The van der Waals surface area contributed by atoms with E-state index in [1.807, 2.05) is 5.32 Å². The van der Waals surface area contributed by atoms with Crippen LogP contribution in [0.1, 0.15) is 23.7 Å². The van der Waals surface area contributed by atoms with Crippen LogP contribution in [0, 0.1) is 0 Å². The van der Waals surface area contributed by atoms with E-state index in [1.165, 1.54) is 24.3 Å². The zero-order valence-electron chi connectivity index (χ0n) is 15.3. The van der Waals surface area contributed by atoms with E-state index in [1.54, 1.807) is 6.07 Å². The average molecular weight is 445 g/mol. The highest BCUT2D eigenvalue weighted by atomic mass is 32.2. The average Bonchev–Trinajstić information content (AvgIpc) is 2.70. The van der Waals surface area contributed by atoms with Crippen LogP contribution in [-0.2, 0) is 25.6 Å². The summed E-state index contributed by atoms with van der Waals surface area (Å²) in [4.78, 5) is 23.5. The number of hydrogen-bond acceptors (Lipinski definition) is 5. The van der Waals surface area contributed by atoms with E-state index in [0.717, 1.165) is 12.1 Å². The molecule has 2 rings (SSSR count). The summed E-state index contributed by atoms with van der Waals surface area (Å²) in [5.74, 6) is -3.28. The van der Waals surface area contributed by atoms with Gasteiger partial charge < -0.3 is 15.5 Å². The summed E-state index contributed by atoms with van der Waals surface area (Å²) in [5, 5.41) is 21.3. The van der Waals surface area contributed by atoms with E-state index < -0.39 is 57.8 Å². The van der Waals surface area contributed by atoms with Crippen LogP contribution in [0.2, 0.25) is 0 Å². The molecule has 0 bridgehead atoms. The number of benzene rings is 2. The predicted molar refractivity (Wildman–Crippen MR) is 99.1 cm³/mol. The summed E-state index contributed by atoms with van der Waals surface area (Å²) in [5.41, 5.74) is -1.16. The molecule has 30 heavy (non-hydrogen) atoms. The van der Waals surface area contributed by atoms with Crippen LogP contribution in [0.3, 0.4) is 0 Å². The molecule has 0 aliphatic heterocycles. The lowest BCUT2D eigenvalue weighted by molar-refractivity contribution is -0.143. The van der Waals surface area contributed by atoms with Crippen molar-refractivity contribution in [1.29, 1.82) is 0 Å². The molecule has 0 aliphatic carbocycles. The van der Waals surface area contributed by atoms with Gasteiger partial charge in [-0.25, -0.2) is 13.2 Å². The monoisotopic (exact) mass is 445 g/mol. The number of nitrogens with one attached hydrogen (secondary N) is 1. The molecule has 0 unspecified atom stereocenters. The summed E-state index contributed by atoms with van der Waals surface area (Å²) in [6.07, 6.45) is -7.00. The van der Waals surface area contributed by atoms with Crippen LogP contribution in [-0.4, -0.2) is 42.3 Å². The first-order chi connectivity index (χ1) is 13.9. The second-order valence-corrected chi connectivity index (χ2v) is 8.45. The van der Waals surface area contributed by atoms with Gasteiger partial charge in [-0.1, -0.05) is 30.3 Å². The predicted octanol–water partition coefficient (Wildman–Crippen LogP) is 2.17. The molecule has 3 N–H and O–H groups in total. The fourth-order valence-electron chi connectivity index (χ4n) is 2.53. The Morgan fingerprint density at radius 1 is 1.00 bits per heavy atom. The van der Waals surface area contributed by atoms with Crippen molar-refractivity contribution in [3.63, 3.8) is 0 Å². The molecule has 2 aromatic carbocycles. The third kappa shape index (κ3) is 6.04. The summed E-state index contributed by atoms with van der Waals surface area (Å²) < 4.78 is 62.3. The zero-order valence-corrected chi connectivity index (χ0v) is 16.2. The Bertz CT molecular complexity index is 991. The van der Waals surface area contributed by atoms with Gasteiger partial charge in [-0.2, -0.15) is 13.2 Å². The van der Waals surface area contributed by atoms with Crippen LogP contribution in [0.4, 0.5) is 13.2 Å². The highest BCUT2D eigenvalue weighted by molar-refractivity contribution is 7.91. The largest absolute Gasteiger partial charge is 0.480 e. The Morgan fingerprint density at radius 3 is 2.07 bits per heavy atom. The summed E-state index contributed by atoms with van der Waals surface area (Å²) >= 11 is 0. The van der Waals surface area contributed by atoms with E-state index in [0.29, 0.717) is 12.1 Å². The molecule has 0 saturated heterocycles. The van der Waals surface area contributed by atoms with Gasteiger partial charge in [0.15, 0.2) is 15.9 Å². The smallest absolute Gasteiger partial charge is 0.416 e. The molecule has 0 saturated carbocycles. The number of aliphatic hydroxyl groups is 1. The molecule has 0 heterocycles. The first kappa shape index (κ1) is 23.4. The number of carboxylic acids is 1. The summed E-state index contributed by atoms with van der Waals surface area (Å²) in [6, 6.07) is 8.82. The molecule has 7 nitrogen and oxygen atoms in total. The molecule has 2 atom stereocenters. The van der Waals surface area contributed by atoms with Gasteiger partial charge in [-0.3, -0.25) is 4.79 Å². The molecular weight excluding hydrogens is 427 g/mol. The molecule has 2 aromatic rings. The number of alkyl halides is 3. The highest BCUT2D eigenvalue weighted by Crippen LogP contribution is 2.30. The molecule has 0 radical (unpaired) electrons. The van der Waals surface area contributed by atoms with Crippen LogP contribution >= 0.6 is 0 Å². The van der Waals surface area contributed by atoms with Crippen molar-refractivity contribution >= 4 is 21.7 Å². The van der Waals surface area contributed by atoms with E-state index in [9.17, 15) is 41.4 Å². The Balaban J connectivity index is 2.05. The second-order valence-electron chi connectivity index (χ2n) is 6.34. The third-order valence-corrected chi connectivity index (χ3v) is 5.96. The molecule has 0 fully saturated rings. The van der Waals surface area contributed by atoms with Crippen molar-refractivity contribution in [1.82, 2.24) is 5.32 Å². The Labute approximate surface area is 170 Å². The first-order valence-corrected chi connectivity index (χ1v) is 10.2. The van der Waals surface area contributed by atoms with Gasteiger partial charge in [-0.15, -0.1) is 0 Å². The minimum Gasteiger partial charge on any atom is -0.480 e. The van der Waals surface area contributed by atoms with Crippen molar-refractivity contribution in [2.24, 2.45) is 0 Å². The topological polar surface area (TPSA) is 121 Å². The number of rotatable bonds is 8. The second kappa shape index (κ2) is 9.26. The molecule has 0 aliphatic rings. The normalized spacial score (nSPS) is 14.0. The van der Waals surface area contributed by atoms with E-state index >= 15 is 0 Å². The molecular formula is C19H18F3NO6S. The fraction of sp³-hybridized carbons (Fsp3) is 0.263. The number of hydrogen-bond donors (Lipinski definition) is 3. The number of aliphatic carboxylic acids is 1. The van der Waals surface area contributed by atoms with E-state index in [4.69, 9.17) is 0 Å². The molecule has 0 aromatic heterocycles. The third-order valence-electron chi connectivity index (χ3n) is 4.19. The van der Waals surface area contributed by atoms with Crippen molar-refractivity contribution < 1.29 is 41.4 Å². The van der Waals surface area contributed by atoms with E-state index in [2.05, 4.69) is 0 Å². The van der Waals surface area contributed by atoms with Crippen molar-refractivity contribution in [2.75, 3.05) is 5.75 Å². The SMILES string of the molecule is O=C(O)[C@H](CCS(=O)(=O)c1ccccc1)NC(=O)[C@@H](O)c1ccc(C(F)(F)F)cc1. The number of sulfone groups is 1. The summed E-state index contributed by atoms with van der Waals surface area (Å²) in [7, 11) is -3.80. The maximum atomic E-state index is 12.6. The fourth-order valence-corrected chi connectivity index (χ4v) is 3.89. The van der Waals surface area contributed by atoms with E-state index in [-0.39, 0.29) is 10.5 Å². The number of aliphatic hydroxyl groups excluding tert-OH is 1. The van der Waals surface area contributed by atoms with Crippen LogP contribution in [0.5, 0.6) is 0 Å². The minimum atomic E-state index is -4.59. The molecule has 0 spiro atoms. The standard InChI is InChI=1S/C19H18F3NO6S/c20-19(21,22)13-8-6-12(7-9-13)16(24)17(25)23-15(18(26)27)10-11-30(28,29)14-4-2-1-3-5-14/h1-9,15-16,24H,10-11H2,(H,23,25)(H,26,27)/t15-,16-/m0/s1. The number of carbonyl (C=O) groups excluding carboxylic acids is 1. The minimum absolute atomic E-state index is 0.00902. The van der Waals surface area contributed by atoms with Gasteiger partial charge in [0.2, 0.25) is 0 Å². The lowest BCUT2D eigenvalue weighted by Gasteiger charge is -2.18. The zero-order chi connectivity index (χ0) is 22.5. The van der Waals surface area contributed by atoms with Crippen LogP contribution < -0.4 is 5.32 Å². The number of carbonyl (C=O) groups is 2. The van der Waals surface area contributed by atoms with Crippen molar-refractivity contribution in [3.8, 4) is 0 Å². The number of carboxylic acid groups (broad SMARTS) is 1. The number of halogens is 3. The lowest BCUT2D eigenvalue weighted by atomic mass is 10.1. The maximum absolute atomic E-state index is 12.6. The van der Waals surface area contributed by atoms with Crippen molar-refractivity contribution in [3.05, 3.63) is 65.7 Å². The van der Waals surface area contributed by atoms with Crippen LogP contribution in [0.25, 0.3) is 0 Å². The lowest BCUT2D eigenvalue weighted by Crippen LogP contribution is -2.44. The van der Waals surface area contributed by atoms with Gasteiger partial charge in [0.05, 0.1) is 16.2 Å². The van der Waals surface area contributed by atoms with Crippen molar-refractivity contribution in [2.45, 2.75) is 29.6 Å². The van der Waals surface area contributed by atoms with Gasteiger partial charge in [0.1, 0.15) is 6.04 Å². The van der Waals surface area contributed by atoms with Gasteiger partial charge in [0.25, 0.3) is 5.91 Å². The first-order valence-electron chi connectivity index (χ1n) is 8.58. The summed E-state index contributed by atoms with van der Waals surface area (Å²) in [6.45, 7) is 0. The molecule has 11 heteroatoms. The Morgan fingerprint density at radius 2 is 1.57 bits per heavy atom. The van der Waals surface area contributed by atoms with Gasteiger partial charge in [-0.05, 0) is 36.2 Å². The Hall–Kier alpha value is -2.92. The molecule has 162 valence electrons. The highest BCUT2D eigenvalue weighted by Gasteiger charge is 2.31. The molecule has 1 amide bonds. The van der Waals surface area contributed by atoms with Gasteiger partial charge >= 0.3 is 12.1 Å². The van der Waals surface area contributed by atoms with Gasteiger partial charge in [0, 0.05) is 0 Å². The quantitative estimate of drug-likeness (QED) is 0.573.